The molecule has 1 aromatic carbocycles. The van der Waals surface area contributed by atoms with E-state index in [-0.39, 0.29) is 17.6 Å². The van der Waals surface area contributed by atoms with Gasteiger partial charge in [-0.1, -0.05) is 38.8 Å². The van der Waals surface area contributed by atoms with Gasteiger partial charge in [0.2, 0.25) is 5.91 Å². The number of rotatable bonds is 7. The second-order valence-corrected chi connectivity index (χ2v) is 4.71. The molecule has 0 aliphatic heterocycles. The maximum atomic E-state index is 12.8. The van der Waals surface area contributed by atoms with E-state index in [1.54, 1.807) is 12.1 Å². The molecule has 1 N–H and O–H groups in total. The van der Waals surface area contributed by atoms with E-state index in [2.05, 4.69) is 12.2 Å². The molecule has 18 heavy (non-hydrogen) atoms. The Labute approximate surface area is 109 Å². The molecule has 0 radical (unpaired) electrons. The Morgan fingerprint density at radius 3 is 2.56 bits per heavy atom. The van der Waals surface area contributed by atoms with Crippen LogP contribution in [0.3, 0.4) is 0 Å². The zero-order chi connectivity index (χ0) is 13.4. The minimum atomic E-state index is -0.241. The van der Waals surface area contributed by atoms with Crippen molar-refractivity contribution in [2.75, 3.05) is 6.54 Å². The van der Waals surface area contributed by atoms with Gasteiger partial charge < -0.3 is 5.32 Å². The maximum absolute atomic E-state index is 12.8. The van der Waals surface area contributed by atoms with Crippen molar-refractivity contribution in [2.24, 2.45) is 0 Å². The van der Waals surface area contributed by atoms with Crippen LogP contribution in [0.5, 0.6) is 0 Å². The third-order valence-corrected chi connectivity index (χ3v) is 3.03. The molecule has 0 saturated carbocycles. The van der Waals surface area contributed by atoms with E-state index >= 15 is 0 Å². The van der Waals surface area contributed by atoms with Crippen molar-refractivity contribution in [3.05, 3.63) is 35.6 Å². The van der Waals surface area contributed by atoms with Crippen LogP contribution in [0.4, 0.5) is 4.39 Å². The summed E-state index contributed by atoms with van der Waals surface area (Å²) in [5, 5.41) is 2.92. The van der Waals surface area contributed by atoms with Gasteiger partial charge in [-0.3, -0.25) is 4.79 Å². The van der Waals surface area contributed by atoms with Crippen LogP contribution >= 0.6 is 0 Å². The first-order valence-corrected chi connectivity index (χ1v) is 6.65. The van der Waals surface area contributed by atoms with E-state index in [1.807, 2.05) is 6.92 Å². The summed E-state index contributed by atoms with van der Waals surface area (Å²) in [4.78, 5) is 11.7. The number of carbonyl (C=O) groups excluding carboxylic acids is 1. The molecule has 3 heteroatoms. The molecule has 1 atom stereocenters. The molecule has 0 aliphatic rings. The molecule has 0 saturated heterocycles. The molecule has 100 valence electrons. The molecule has 0 spiro atoms. The van der Waals surface area contributed by atoms with Crippen LogP contribution in [0, 0.1) is 5.82 Å². The van der Waals surface area contributed by atoms with Crippen LogP contribution in [0.2, 0.25) is 0 Å². The minimum Gasteiger partial charge on any atom is -0.356 e. The van der Waals surface area contributed by atoms with Crippen LogP contribution in [0.15, 0.2) is 24.3 Å². The van der Waals surface area contributed by atoms with Crippen molar-refractivity contribution in [2.45, 2.75) is 45.4 Å². The molecule has 1 aromatic rings. The van der Waals surface area contributed by atoms with E-state index in [1.165, 1.54) is 12.1 Å². The second kappa shape index (κ2) is 7.85. The number of hydrogen-bond donors (Lipinski definition) is 1. The quantitative estimate of drug-likeness (QED) is 0.737. The molecule has 0 aromatic heterocycles. The van der Waals surface area contributed by atoms with Gasteiger partial charge in [0, 0.05) is 13.0 Å². The van der Waals surface area contributed by atoms with E-state index in [4.69, 9.17) is 0 Å². The highest BCUT2D eigenvalue weighted by Gasteiger charge is 2.10. The summed E-state index contributed by atoms with van der Waals surface area (Å²) in [5.74, 6) is -0.0466. The lowest BCUT2D eigenvalue weighted by Gasteiger charge is -2.12. The Balaban J connectivity index is 2.33. The van der Waals surface area contributed by atoms with Gasteiger partial charge in [0.05, 0.1) is 0 Å². The number of halogens is 1. The van der Waals surface area contributed by atoms with E-state index in [9.17, 15) is 9.18 Å². The lowest BCUT2D eigenvalue weighted by molar-refractivity contribution is -0.121. The molecular formula is C15H22FNO. The van der Waals surface area contributed by atoms with Crippen LogP contribution in [-0.4, -0.2) is 12.5 Å². The van der Waals surface area contributed by atoms with Crippen molar-refractivity contribution in [3.63, 3.8) is 0 Å². The lowest BCUT2D eigenvalue weighted by atomic mass is 9.97. The number of carbonyl (C=O) groups is 1. The summed E-state index contributed by atoms with van der Waals surface area (Å²) >= 11 is 0. The largest absolute Gasteiger partial charge is 0.356 e. The van der Waals surface area contributed by atoms with Gasteiger partial charge in [-0.05, 0) is 30.0 Å². The Hall–Kier alpha value is -1.38. The zero-order valence-electron chi connectivity index (χ0n) is 11.2. The molecule has 1 unspecified atom stereocenters. The fourth-order valence-corrected chi connectivity index (χ4v) is 1.86. The SMILES string of the molecule is CCCCCNC(=O)CC(C)c1ccc(F)cc1. The van der Waals surface area contributed by atoms with Gasteiger partial charge in [0.15, 0.2) is 0 Å². The normalized spacial score (nSPS) is 12.2. The maximum Gasteiger partial charge on any atom is 0.220 e. The van der Waals surface area contributed by atoms with E-state index < -0.39 is 0 Å². The fourth-order valence-electron chi connectivity index (χ4n) is 1.86. The van der Waals surface area contributed by atoms with Gasteiger partial charge >= 0.3 is 0 Å². The number of hydrogen-bond acceptors (Lipinski definition) is 1. The third kappa shape index (κ3) is 5.30. The van der Waals surface area contributed by atoms with E-state index in [0.717, 1.165) is 31.4 Å². The van der Waals surface area contributed by atoms with Crippen LogP contribution in [-0.2, 0) is 4.79 Å². The predicted octanol–water partition coefficient (Wildman–Crippen LogP) is 3.63. The number of amides is 1. The first kappa shape index (κ1) is 14.7. The first-order chi connectivity index (χ1) is 8.63. The van der Waals surface area contributed by atoms with Crippen molar-refractivity contribution < 1.29 is 9.18 Å². The highest BCUT2D eigenvalue weighted by Crippen LogP contribution is 2.18. The minimum absolute atomic E-state index is 0.0722. The number of benzene rings is 1. The van der Waals surface area contributed by atoms with Crippen molar-refractivity contribution in [1.82, 2.24) is 5.32 Å². The Kier molecular flexibility index (Phi) is 6.40. The van der Waals surface area contributed by atoms with Crippen LogP contribution in [0.1, 0.15) is 51.0 Å². The monoisotopic (exact) mass is 251 g/mol. The first-order valence-electron chi connectivity index (χ1n) is 6.65. The highest BCUT2D eigenvalue weighted by atomic mass is 19.1. The van der Waals surface area contributed by atoms with Crippen LogP contribution in [0.25, 0.3) is 0 Å². The summed E-state index contributed by atoms with van der Waals surface area (Å²) in [6.45, 7) is 4.88. The molecule has 0 aliphatic carbocycles. The summed E-state index contributed by atoms with van der Waals surface area (Å²) < 4.78 is 12.8. The van der Waals surface area contributed by atoms with Gasteiger partial charge in [-0.25, -0.2) is 4.39 Å². The summed E-state index contributed by atoms with van der Waals surface area (Å²) in [6, 6.07) is 6.35. The van der Waals surface area contributed by atoms with Crippen molar-refractivity contribution >= 4 is 5.91 Å². The predicted molar refractivity (Wildman–Crippen MR) is 72.0 cm³/mol. The summed E-state index contributed by atoms with van der Waals surface area (Å²) in [6.07, 6.45) is 3.79. The van der Waals surface area contributed by atoms with Gasteiger partial charge in [-0.2, -0.15) is 0 Å². The summed E-state index contributed by atoms with van der Waals surface area (Å²) in [5.41, 5.74) is 1.00. The highest BCUT2D eigenvalue weighted by molar-refractivity contribution is 5.76. The molecule has 1 rings (SSSR count). The topological polar surface area (TPSA) is 29.1 Å². The second-order valence-electron chi connectivity index (χ2n) is 4.71. The van der Waals surface area contributed by atoms with Gasteiger partial charge in [-0.15, -0.1) is 0 Å². The molecule has 1 amide bonds. The molecule has 2 nitrogen and oxygen atoms in total. The van der Waals surface area contributed by atoms with Crippen molar-refractivity contribution in [1.29, 1.82) is 0 Å². The standard InChI is InChI=1S/C15H22FNO/c1-3-4-5-10-17-15(18)11-12(2)13-6-8-14(16)9-7-13/h6-9,12H,3-5,10-11H2,1-2H3,(H,17,18). The molecule has 0 heterocycles. The zero-order valence-corrected chi connectivity index (χ0v) is 11.2. The number of nitrogens with one attached hydrogen (secondary N) is 1. The Morgan fingerprint density at radius 1 is 1.28 bits per heavy atom. The third-order valence-electron chi connectivity index (χ3n) is 3.03. The number of unbranched alkanes of at least 4 members (excludes halogenated alkanes) is 2. The Morgan fingerprint density at radius 2 is 1.94 bits per heavy atom. The fraction of sp³-hybridized carbons (Fsp3) is 0.533. The van der Waals surface area contributed by atoms with E-state index in [0.29, 0.717) is 6.42 Å². The molecular weight excluding hydrogens is 229 g/mol. The van der Waals surface area contributed by atoms with Gasteiger partial charge in [0.1, 0.15) is 5.82 Å². The average molecular weight is 251 g/mol. The van der Waals surface area contributed by atoms with Crippen LogP contribution < -0.4 is 5.32 Å². The molecule has 0 bridgehead atoms. The van der Waals surface area contributed by atoms with Crippen molar-refractivity contribution in [3.8, 4) is 0 Å². The molecule has 0 fully saturated rings. The Bertz CT molecular complexity index is 361. The average Bonchev–Trinajstić information content (AvgIpc) is 2.35. The lowest BCUT2D eigenvalue weighted by Crippen LogP contribution is -2.25. The summed E-state index contributed by atoms with van der Waals surface area (Å²) in [7, 11) is 0. The van der Waals surface area contributed by atoms with Gasteiger partial charge in [0.25, 0.3) is 0 Å². The smallest absolute Gasteiger partial charge is 0.220 e.